The van der Waals surface area contributed by atoms with Gasteiger partial charge in [0.2, 0.25) is 0 Å². The zero-order chi connectivity index (χ0) is 10.3. The van der Waals surface area contributed by atoms with Crippen LogP contribution in [0.4, 0.5) is 4.39 Å². The summed E-state index contributed by atoms with van der Waals surface area (Å²) in [7, 11) is 0. The summed E-state index contributed by atoms with van der Waals surface area (Å²) < 4.78 is 13.1. The smallest absolute Gasteiger partial charge is 0.142 e. The maximum Gasteiger partial charge on any atom is 0.142 e. The first kappa shape index (κ1) is 9.04. The Balaban J connectivity index is 1.94. The van der Waals surface area contributed by atoms with Crippen molar-refractivity contribution in [3.05, 3.63) is 35.9 Å². The van der Waals surface area contributed by atoms with Crippen molar-refractivity contribution in [1.82, 2.24) is 10.3 Å². The average Bonchev–Trinajstić information content (AvgIpc) is 2.77. The van der Waals surface area contributed by atoms with Gasteiger partial charge in [0.1, 0.15) is 5.82 Å². The van der Waals surface area contributed by atoms with Crippen LogP contribution in [0.25, 0.3) is 5.57 Å². The number of nitrogens with one attached hydrogen (secondary N) is 1. The standard InChI is InChI=1S/C12H13FN2/c13-10-3-9(5-14-6-10)11-2-1-8-4-15-7-12(8)11/h2-3,5-6,8,12,15H,1,4,7H2/t8-,12+/m0/s1. The third-order valence-corrected chi connectivity index (χ3v) is 3.42. The minimum Gasteiger partial charge on any atom is -0.316 e. The molecule has 0 radical (unpaired) electrons. The predicted molar refractivity (Wildman–Crippen MR) is 56.6 cm³/mol. The minimum absolute atomic E-state index is 0.247. The Kier molecular flexibility index (Phi) is 2.06. The van der Waals surface area contributed by atoms with E-state index in [1.807, 2.05) is 0 Å². The maximum atomic E-state index is 13.1. The van der Waals surface area contributed by atoms with E-state index >= 15 is 0 Å². The highest BCUT2D eigenvalue weighted by molar-refractivity contribution is 5.69. The van der Waals surface area contributed by atoms with Crippen LogP contribution in [0.5, 0.6) is 0 Å². The molecule has 0 aromatic carbocycles. The first-order valence-electron chi connectivity index (χ1n) is 5.36. The lowest BCUT2D eigenvalue weighted by atomic mass is 9.91. The molecule has 0 spiro atoms. The van der Waals surface area contributed by atoms with E-state index in [4.69, 9.17) is 0 Å². The number of fused-ring (bicyclic) bond motifs is 1. The zero-order valence-electron chi connectivity index (χ0n) is 8.41. The molecule has 2 atom stereocenters. The summed E-state index contributed by atoms with van der Waals surface area (Å²) in [4.78, 5) is 3.91. The van der Waals surface area contributed by atoms with E-state index in [2.05, 4.69) is 16.4 Å². The largest absolute Gasteiger partial charge is 0.316 e. The van der Waals surface area contributed by atoms with Gasteiger partial charge in [-0.1, -0.05) is 6.08 Å². The van der Waals surface area contributed by atoms with E-state index in [0.717, 1.165) is 25.1 Å². The van der Waals surface area contributed by atoms with Crippen molar-refractivity contribution in [2.75, 3.05) is 13.1 Å². The molecule has 0 amide bonds. The number of aromatic nitrogens is 1. The lowest BCUT2D eigenvalue weighted by Crippen LogP contribution is -2.10. The molecular weight excluding hydrogens is 191 g/mol. The van der Waals surface area contributed by atoms with Crippen molar-refractivity contribution in [3.8, 4) is 0 Å². The highest BCUT2D eigenvalue weighted by Crippen LogP contribution is 2.39. The Morgan fingerprint density at radius 2 is 2.27 bits per heavy atom. The van der Waals surface area contributed by atoms with E-state index in [1.165, 1.54) is 11.8 Å². The lowest BCUT2D eigenvalue weighted by Gasteiger charge is -2.12. The van der Waals surface area contributed by atoms with Crippen LogP contribution in [0.3, 0.4) is 0 Å². The molecule has 2 nitrogen and oxygen atoms in total. The van der Waals surface area contributed by atoms with Crippen molar-refractivity contribution in [3.63, 3.8) is 0 Å². The third kappa shape index (κ3) is 1.47. The Bertz CT molecular complexity index is 414. The quantitative estimate of drug-likeness (QED) is 0.755. The van der Waals surface area contributed by atoms with Gasteiger partial charge >= 0.3 is 0 Å². The lowest BCUT2D eigenvalue weighted by molar-refractivity contribution is 0.541. The summed E-state index contributed by atoms with van der Waals surface area (Å²) in [5.41, 5.74) is 2.23. The fourth-order valence-electron chi connectivity index (χ4n) is 2.68. The maximum absolute atomic E-state index is 13.1. The van der Waals surface area contributed by atoms with Crippen molar-refractivity contribution in [2.24, 2.45) is 11.8 Å². The normalized spacial score (nSPS) is 29.0. The van der Waals surface area contributed by atoms with Gasteiger partial charge in [0.15, 0.2) is 0 Å². The molecular formula is C12H13FN2. The summed E-state index contributed by atoms with van der Waals surface area (Å²) in [5, 5.41) is 3.38. The van der Waals surface area contributed by atoms with Crippen LogP contribution in [0, 0.1) is 17.7 Å². The summed E-state index contributed by atoms with van der Waals surface area (Å²) >= 11 is 0. The minimum atomic E-state index is -0.247. The first-order valence-corrected chi connectivity index (χ1v) is 5.36. The van der Waals surface area contributed by atoms with Crippen molar-refractivity contribution in [2.45, 2.75) is 6.42 Å². The first-order chi connectivity index (χ1) is 7.34. The van der Waals surface area contributed by atoms with Crippen LogP contribution in [-0.4, -0.2) is 18.1 Å². The second-order valence-corrected chi connectivity index (χ2v) is 4.31. The number of allylic oxidation sites excluding steroid dienone is 1. The number of hydrogen-bond donors (Lipinski definition) is 1. The molecule has 1 saturated heterocycles. The molecule has 1 aliphatic carbocycles. The Morgan fingerprint density at radius 3 is 3.13 bits per heavy atom. The van der Waals surface area contributed by atoms with Crippen LogP contribution in [0.1, 0.15) is 12.0 Å². The van der Waals surface area contributed by atoms with Crippen molar-refractivity contribution < 1.29 is 4.39 Å². The molecule has 0 saturated carbocycles. The Labute approximate surface area is 88.2 Å². The third-order valence-electron chi connectivity index (χ3n) is 3.42. The molecule has 0 unspecified atom stereocenters. The second kappa shape index (κ2) is 3.42. The van der Waals surface area contributed by atoms with Gasteiger partial charge in [-0.2, -0.15) is 0 Å². The molecule has 1 aliphatic heterocycles. The molecule has 15 heavy (non-hydrogen) atoms. The van der Waals surface area contributed by atoms with Crippen molar-refractivity contribution in [1.29, 1.82) is 0 Å². The fourth-order valence-corrected chi connectivity index (χ4v) is 2.68. The molecule has 2 heterocycles. The Hall–Kier alpha value is -1.22. The van der Waals surface area contributed by atoms with E-state index in [1.54, 1.807) is 12.3 Å². The fraction of sp³-hybridized carbons (Fsp3) is 0.417. The van der Waals surface area contributed by atoms with E-state index in [-0.39, 0.29) is 5.82 Å². The van der Waals surface area contributed by atoms with Crippen LogP contribution >= 0.6 is 0 Å². The number of halogens is 1. The van der Waals surface area contributed by atoms with Gasteiger partial charge < -0.3 is 5.32 Å². The van der Waals surface area contributed by atoms with Gasteiger partial charge in [-0.3, -0.25) is 4.98 Å². The zero-order valence-corrected chi connectivity index (χ0v) is 8.41. The summed E-state index contributed by atoms with van der Waals surface area (Å²) in [6.07, 6.45) is 6.37. The summed E-state index contributed by atoms with van der Waals surface area (Å²) in [6.45, 7) is 2.11. The molecule has 2 aliphatic rings. The molecule has 1 N–H and O–H groups in total. The van der Waals surface area contributed by atoms with E-state index < -0.39 is 0 Å². The van der Waals surface area contributed by atoms with Gasteiger partial charge in [0, 0.05) is 18.7 Å². The van der Waals surface area contributed by atoms with E-state index in [9.17, 15) is 4.39 Å². The van der Waals surface area contributed by atoms with Crippen LogP contribution in [0.2, 0.25) is 0 Å². The Morgan fingerprint density at radius 1 is 1.33 bits per heavy atom. The molecule has 3 heteroatoms. The number of hydrogen-bond acceptors (Lipinski definition) is 2. The summed E-state index contributed by atoms with van der Waals surface area (Å²) in [6, 6.07) is 1.58. The van der Waals surface area contributed by atoms with Gasteiger partial charge in [0.05, 0.1) is 6.20 Å². The SMILES string of the molecule is Fc1cncc(C2=CC[C@H]3CNC[C@@H]23)c1. The monoisotopic (exact) mass is 204 g/mol. The van der Waals surface area contributed by atoms with Gasteiger partial charge in [-0.25, -0.2) is 4.39 Å². The molecule has 0 bridgehead atoms. The number of nitrogens with zero attached hydrogens (tertiary/aromatic N) is 1. The van der Waals surface area contributed by atoms with Crippen LogP contribution in [-0.2, 0) is 0 Å². The van der Waals surface area contributed by atoms with Gasteiger partial charge in [-0.05, 0) is 36.1 Å². The highest BCUT2D eigenvalue weighted by atomic mass is 19.1. The van der Waals surface area contributed by atoms with Crippen molar-refractivity contribution >= 4 is 5.57 Å². The topological polar surface area (TPSA) is 24.9 Å². The molecule has 1 aromatic heterocycles. The van der Waals surface area contributed by atoms with Gasteiger partial charge in [0.25, 0.3) is 0 Å². The molecule has 1 aromatic rings. The van der Waals surface area contributed by atoms with Gasteiger partial charge in [-0.15, -0.1) is 0 Å². The molecule has 3 rings (SSSR count). The molecule has 1 fully saturated rings. The highest BCUT2D eigenvalue weighted by Gasteiger charge is 2.34. The number of pyridine rings is 1. The van der Waals surface area contributed by atoms with Crippen LogP contribution in [0.15, 0.2) is 24.5 Å². The van der Waals surface area contributed by atoms with Crippen LogP contribution < -0.4 is 5.32 Å². The summed E-state index contributed by atoms with van der Waals surface area (Å²) in [5.74, 6) is 1.03. The average molecular weight is 204 g/mol. The predicted octanol–water partition coefficient (Wildman–Crippen LogP) is 1.84. The van der Waals surface area contributed by atoms with E-state index in [0.29, 0.717) is 11.8 Å². The second-order valence-electron chi connectivity index (χ2n) is 4.31. The number of rotatable bonds is 1. The molecule has 78 valence electrons.